The molecule has 2 rings (SSSR count). The van der Waals surface area contributed by atoms with Crippen molar-refractivity contribution in [2.75, 3.05) is 19.7 Å². The molecule has 0 spiro atoms. The summed E-state index contributed by atoms with van der Waals surface area (Å²) in [6.07, 6.45) is 1.34. The van der Waals surface area contributed by atoms with E-state index in [-0.39, 0.29) is 18.6 Å². The van der Waals surface area contributed by atoms with Gasteiger partial charge in [0.2, 0.25) is 0 Å². The van der Waals surface area contributed by atoms with Crippen LogP contribution in [0.5, 0.6) is 0 Å². The van der Waals surface area contributed by atoms with Gasteiger partial charge in [-0.2, -0.15) is 0 Å². The summed E-state index contributed by atoms with van der Waals surface area (Å²) in [6.45, 7) is 2.97. The zero-order valence-electron chi connectivity index (χ0n) is 10.8. The average molecular weight is 283 g/mol. The first-order valence-electron chi connectivity index (χ1n) is 6.25. The molecule has 0 aliphatic carbocycles. The van der Waals surface area contributed by atoms with Crippen molar-refractivity contribution in [3.05, 3.63) is 21.9 Å². The number of hydrogen-bond acceptors (Lipinski definition) is 4. The van der Waals surface area contributed by atoms with Crippen LogP contribution in [0.2, 0.25) is 0 Å². The molecule has 6 heteroatoms. The number of carbonyl (C=O) groups excluding carboxylic acids is 1. The van der Waals surface area contributed by atoms with Crippen LogP contribution >= 0.6 is 11.3 Å². The maximum atomic E-state index is 12.2. The number of piperidine rings is 1. The summed E-state index contributed by atoms with van der Waals surface area (Å²) in [6, 6.07) is 3.80. The van der Waals surface area contributed by atoms with Gasteiger partial charge in [-0.05, 0) is 31.9 Å². The molecule has 1 amide bonds. The van der Waals surface area contributed by atoms with E-state index in [1.807, 2.05) is 24.0 Å². The number of aryl methyl sites for hydroxylation is 1. The number of ether oxygens (including phenoxy) is 1. The molecule has 0 atom stereocenters. The molecule has 1 fully saturated rings. The molecule has 1 aliphatic rings. The van der Waals surface area contributed by atoms with Gasteiger partial charge in [0, 0.05) is 18.0 Å². The molecule has 1 aromatic heterocycles. The molecule has 0 saturated carbocycles. The zero-order valence-corrected chi connectivity index (χ0v) is 11.6. The number of aliphatic carboxylic acids is 1. The number of rotatable bonds is 4. The molecule has 0 aromatic carbocycles. The third kappa shape index (κ3) is 3.78. The number of nitrogens with zero attached hydrogens (tertiary/aromatic N) is 1. The van der Waals surface area contributed by atoms with E-state index in [0.717, 1.165) is 9.75 Å². The number of carboxylic acids is 1. The van der Waals surface area contributed by atoms with E-state index in [2.05, 4.69) is 0 Å². The first-order chi connectivity index (χ1) is 9.06. The van der Waals surface area contributed by atoms with E-state index in [0.29, 0.717) is 25.9 Å². The Kier molecular flexibility index (Phi) is 4.55. The van der Waals surface area contributed by atoms with E-state index in [1.54, 1.807) is 0 Å². The van der Waals surface area contributed by atoms with Crippen LogP contribution in [0, 0.1) is 6.92 Å². The lowest BCUT2D eigenvalue weighted by atomic mass is 10.1. The van der Waals surface area contributed by atoms with Gasteiger partial charge in [-0.15, -0.1) is 11.3 Å². The molecule has 5 nitrogen and oxygen atoms in total. The minimum absolute atomic E-state index is 0.0507. The van der Waals surface area contributed by atoms with Gasteiger partial charge < -0.3 is 14.7 Å². The molecule has 0 unspecified atom stereocenters. The normalized spacial score (nSPS) is 16.6. The third-order valence-corrected chi connectivity index (χ3v) is 4.11. The van der Waals surface area contributed by atoms with E-state index in [9.17, 15) is 9.59 Å². The molecule has 1 N–H and O–H groups in total. The van der Waals surface area contributed by atoms with Gasteiger partial charge in [-0.25, -0.2) is 4.79 Å². The Bertz CT molecular complexity index is 463. The predicted octanol–water partition coefficient (Wildman–Crippen LogP) is 1.76. The van der Waals surface area contributed by atoms with Crippen molar-refractivity contribution < 1.29 is 19.4 Å². The highest BCUT2D eigenvalue weighted by molar-refractivity contribution is 7.13. The lowest BCUT2D eigenvalue weighted by molar-refractivity contribution is -0.145. The Morgan fingerprint density at radius 2 is 2.11 bits per heavy atom. The molecule has 1 aromatic rings. The van der Waals surface area contributed by atoms with Crippen LogP contribution in [-0.4, -0.2) is 47.7 Å². The lowest BCUT2D eigenvalue weighted by Gasteiger charge is -2.31. The van der Waals surface area contributed by atoms with Crippen molar-refractivity contribution in [2.24, 2.45) is 0 Å². The van der Waals surface area contributed by atoms with Crippen molar-refractivity contribution in [3.63, 3.8) is 0 Å². The Morgan fingerprint density at radius 3 is 2.63 bits per heavy atom. The maximum Gasteiger partial charge on any atom is 0.329 e. The zero-order chi connectivity index (χ0) is 13.8. The fraction of sp³-hybridized carbons (Fsp3) is 0.538. The summed E-state index contributed by atoms with van der Waals surface area (Å²) < 4.78 is 5.25. The second kappa shape index (κ2) is 6.16. The summed E-state index contributed by atoms with van der Waals surface area (Å²) in [5.74, 6) is -0.887. The van der Waals surface area contributed by atoms with Crippen LogP contribution in [0.1, 0.15) is 27.4 Å². The molecular weight excluding hydrogens is 266 g/mol. The van der Waals surface area contributed by atoms with Crippen molar-refractivity contribution in [2.45, 2.75) is 25.9 Å². The van der Waals surface area contributed by atoms with Crippen molar-refractivity contribution >= 4 is 23.2 Å². The first kappa shape index (κ1) is 14.0. The number of thiophene rings is 1. The predicted molar refractivity (Wildman–Crippen MR) is 71.6 cm³/mol. The third-order valence-electron chi connectivity index (χ3n) is 3.12. The fourth-order valence-corrected chi connectivity index (χ4v) is 2.96. The molecule has 104 valence electrons. The number of hydrogen-bond donors (Lipinski definition) is 1. The maximum absolute atomic E-state index is 12.2. The highest BCUT2D eigenvalue weighted by Crippen LogP contribution is 2.20. The molecule has 1 saturated heterocycles. The van der Waals surface area contributed by atoms with Gasteiger partial charge >= 0.3 is 5.97 Å². The summed E-state index contributed by atoms with van der Waals surface area (Å²) in [4.78, 5) is 26.3. The highest BCUT2D eigenvalue weighted by Gasteiger charge is 2.25. The Labute approximate surface area is 115 Å². The van der Waals surface area contributed by atoms with Gasteiger partial charge in [-0.3, -0.25) is 4.79 Å². The van der Waals surface area contributed by atoms with E-state index in [1.165, 1.54) is 11.3 Å². The molecule has 2 heterocycles. The van der Waals surface area contributed by atoms with Crippen molar-refractivity contribution in [1.82, 2.24) is 4.90 Å². The van der Waals surface area contributed by atoms with E-state index < -0.39 is 5.97 Å². The largest absolute Gasteiger partial charge is 0.480 e. The molecular formula is C13H17NO4S. The Hall–Kier alpha value is -1.40. The van der Waals surface area contributed by atoms with Crippen LogP contribution in [0.15, 0.2) is 12.1 Å². The van der Waals surface area contributed by atoms with E-state index in [4.69, 9.17) is 9.84 Å². The summed E-state index contributed by atoms with van der Waals surface area (Å²) in [7, 11) is 0. The van der Waals surface area contributed by atoms with Crippen LogP contribution < -0.4 is 0 Å². The smallest absolute Gasteiger partial charge is 0.329 e. The lowest BCUT2D eigenvalue weighted by Crippen LogP contribution is -2.41. The molecule has 1 aliphatic heterocycles. The quantitative estimate of drug-likeness (QED) is 0.914. The number of amides is 1. The number of likely N-dealkylation sites (tertiary alicyclic amines) is 1. The van der Waals surface area contributed by atoms with Gasteiger partial charge in [0.25, 0.3) is 5.91 Å². The fourth-order valence-electron chi connectivity index (χ4n) is 2.12. The second-order valence-corrected chi connectivity index (χ2v) is 5.89. The Morgan fingerprint density at radius 1 is 1.42 bits per heavy atom. The molecule has 0 bridgehead atoms. The summed E-state index contributed by atoms with van der Waals surface area (Å²) >= 11 is 1.50. The highest BCUT2D eigenvalue weighted by atomic mass is 32.1. The number of carbonyl (C=O) groups is 2. The van der Waals surface area contributed by atoms with Gasteiger partial charge in [-0.1, -0.05) is 0 Å². The van der Waals surface area contributed by atoms with Gasteiger partial charge in [0.05, 0.1) is 11.0 Å². The van der Waals surface area contributed by atoms with E-state index >= 15 is 0 Å². The average Bonchev–Trinajstić information content (AvgIpc) is 2.83. The molecule has 0 radical (unpaired) electrons. The SMILES string of the molecule is Cc1ccc(C(=O)N2CCC(OCC(=O)O)CC2)s1. The van der Waals surface area contributed by atoms with Gasteiger partial charge in [0.1, 0.15) is 6.61 Å². The minimum atomic E-state index is -0.951. The minimum Gasteiger partial charge on any atom is -0.480 e. The van der Waals surface area contributed by atoms with Crippen molar-refractivity contribution in [1.29, 1.82) is 0 Å². The monoisotopic (exact) mass is 283 g/mol. The van der Waals surface area contributed by atoms with Crippen LogP contribution in [0.4, 0.5) is 0 Å². The molecule has 19 heavy (non-hydrogen) atoms. The van der Waals surface area contributed by atoms with Crippen LogP contribution in [-0.2, 0) is 9.53 Å². The van der Waals surface area contributed by atoms with Crippen LogP contribution in [0.25, 0.3) is 0 Å². The standard InChI is InChI=1S/C13H17NO4S/c1-9-2-3-11(19-9)13(17)14-6-4-10(5-7-14)18-8-12(15)16/h2-3,10H,4-8H2,1H3,(H,15,16). The van der Waals surface area contributed by atoms with Crippen LogP contribution in [0.3, 0.4) is 0 Å². The Balaban J connectivity index is 1.83. The van der Waals surface area contributed by atoms with Gasteiger partial charge in [0.15, 0.2) is 0 Å². The number of carboxylic acid groups (broad SMARTS) is 1. The first-order valence-corrected chi connectivity index (χ1v) is 7.07. The second-order valence-electron chi connectivity index (χ2n) is 4.61. The van der Waals surface area contributed by atoms with Crippen molar-refractivity contribution in [3.8, 4) is 0 Å². The topological polar surface area (TPSA) is 66.8 Å². The summed E-state index contributed by atoms with van der Waals surface area (Å²) in [5.41, 5.74) is 0. The summed E-state index contributed by atoms with van der Waals surface area (Å²) in [5, 5.41) is 8.55.